The molecule has 0 spiro atoms. The first-order valence-corrected chi connectivity index (χ1v) is 14.3. The summed E-state index contributed by atoms with van der Waals surface area (Å²) in [5.41, 5.74) is 3.95. The Morgan fingerprint density at radius 3 is 2.36 bits per heavy atom. The summed E-state index contributed by atoms with van der Waals surface area (Å²) in [5, 5.41) is 44.5. The molecular weight excluding hydrogens is 561 g/mol. The number of aromatic hydroxyl groups is 4. The molecule has 0 aliphatic rings. The van der Waals surface area contributed by atoms with Crippen LogP contribution in [0.15, 0.2) is 116 Å². The number of hydrogen-bond donors (Lipinski definition) is 4. The number of nitrogens with zero attached hydrogens (tertiary/aromatic N) is 3. The van der Waals surface area contributed by atoms with Crippen LogP contribution in [0.4, 0.5) is 0 Å². The molecule has 8 heteroatoms. The second-order valence-electron chi connectivity index (χ2n) is 10.6. The second kappa shape index (κ2) is 12.4. The lowest BCUT2D eigenvalue weighted by atomic mass is 9.89. The van der Waals surface area contributed by atoms with Gasteiger partial charge in [0.05, 0.1) is 11.4 Å². The van der Waals surface area contributed by atoms with E-state index in [2.05, 4.69) is 35.8 Å². The minimum absolute atomic E-state index is 0.0843. The highest BCUT2D eigenvalue weighted by molar-refractivity contribution is 6.37. The van der Waals surface area contributed by atoms with Crippen LogP contribution in [0.5, 0.6) is 23.0 Å². The van der Waals surface area contributed by atoms with Crippen molar-refractivity contribution in [3.63, 3.8) is 0 Å². The van der Waals surface area contributed by atoms with Crippen LogP contribution in [-0.4, -0.2) is 43.2 Å². The van der Waals surface area contributed by atoms with E-state index in [1.54, 1.807) is 18.5 Å². The van der Waals surface area contributed by atoms with E-state index in [4.69, 9.17) is 17.8 Å². The highest BCUT2D eigenvalue weighted by Gasteiger charge is 2.25. The van der Waals surface area contributed by atoms with Crippen molar-refractivity contribution in [1.29, 1.82) is 0 Å². The van der Waals surface area contributed by atoms with Crippen LogP contribution in [0.3, 0.4) is 0 Å². The number of hydrogen-bond acceptors (Lipinski definition) is 7. The summed E-state index contributed by atoms with van der Waals surface area (Å²) in [7, 11) is 5.87. The Balaban J connectivity index is 1.55. The lowest BCUT2D eigenvalue weighted by Gasteiger charge is -2.17. The number of phenolic OH excluding ortho intramolecular Hbond substituents is 4. The fourth-order valence-electron chi connectivity index (χ4n) is 5.35. The molecule has 45 heavy (non-hydrogen) atoms. The van der Waals surface area contributed by atoms with Gasteiger partial charge in [-0.15, -0.1) is 6.58 Å². The van der Waals surface area contributed by atoms with Gasteiger partial charge in [0.15, 0.2) is 17.3 Å². The zero-order valence-electron chi connectivity index (χ0n) is 24.2. The molecule has 1 unspecified atom stereocenters. The van der Waals surface area contributed by atoms with Crippen molar-refractivity contribution in [2.45, 2.75) is 12.3 Å². The van der Waals surface area contributed by atoms with Gasteiger partial charge in [0.1, 0.15) is 19.2 Å². The number of allylic oxidation sites excluding steroid dienone is 2. The first-order chi connectivity index (χ1) is 21.9. The SMILES string of the molecule is [B]c1c(O)c(O)c(O)c(-c2nc(-c3cccc(-c4cccc5ccccc45)c3)cc(C(/C=C/c3cccnc3)CC=C)n2)c1O. The minimum Gasteiger partial charge on any atom is -0.508 e. The first-order valence-electron chi connectivity index (χ1n) is 14.3. The van der Waals surface area contributed by atoms with Crippen molar-refractivity contribution >= 4 is 30.2 Å². The molecule has 4 N–H and O–H groups in total. The smallest absolute Gasteiger partial charge is 0.200 e. The Morgan fingerprint density at radius 2 is 1.56 bits per heavy atom. The molecule has 2 heterocycles. The van der Waals surface area contributed by atoms with Gasteiger partial charge in [-0.25, -0.2) is 9.97 Å². The van der Waals surface area contributed by atoms with Crippen LogP contribution in [0.2, 0.25) is 0 Å². The van der Waals surface area contributed by atoms with Crippen LogP contribution in [0.25, 0.3) is 50.6 Å². The predicted octanol–water partition coefficient (Wildman–Crippen LogP) is 7.02. The third-order valence-electron chi connectivity index (χ3n) is 7.67. The summed E-state index contributed by atoms with van der Waals surface area (Å²) >= 11 is 0. The van der Waals surface area contributed by atoms with Crippen molar-refractivity contribution in [2.75, 3.05) is 0 Å². The van der Waals surface area contributed by atoms with Crippen LogP contribution in [0.1, 0.15) is 23.6 Å². The first kappa shape index (κ1) is 29.2. The van der Waals surface area contributed by atoms with Crippen molar-refractivity contribution in [2.24, 2.45) is 0 Å². The standard InChI is InChI=1S/C37H28BN3O4/c1-2-8-24(17-16-22-9-7-18-39-21-22)29-20-30(41-37(40-29)31-33(42)32(38)35(44)36(45)34(31)43)26-13-5-12-25(19-26)28-15-6-11-23-10-3-4-14-27(23)28/h2-7,9-21,24,42-45H,1,8H2/b17-16+. The molecular formula is C37H28BN3O4. The number of fused-ring (bicyclic) bond motifs is 1. The summed E-state index contributed by atoms with van der Waals surface area (Å²) in [6.45, 7) is 3.93. The molecule has 0 bridgehead atoms. The van der Waals surface area contributed by atoms with Gasteiger partial charge in [0.2, 0.25) is 5.75 Å². The van der Waals surface area contributed by atoms with Gasteiger partial charge in [-0.3, -0.25) is 4.98 Å². The summed E-state index contributed by atoms with van der Waals surface area (Å²) in [6, 6.07) is 27.9. The number of rotatable bonds is 8. The molecule has 0 fully saturated rings. The summed E-state index contributed by atoms with van der Waals surface area (Å²) < 4.78 is 0. The van der Waals surface area contributed by atoms with E-state index in [-0.39, 0.29) is 17.3 Å². The van der Waals surface area contributed by atoms with E-state index in [0.29, 0.717) is 17.8 Å². The topological polar surface area (TPSA) is 120 Å². The maximum absolute atomic E-state index is 10.9. The molecule has 2 radical (unpaired) electrons. The largest absolute Gasteiger partial charge is 0.508 e. The summed E-state index contributed by atoms with van der Waals surface area (Å²) in [6.07, 6.45) is 9.65. The van der Waals surface area contributed by atoms with Crippen LogP contribution in [-0.2, 0) is 0 Å². The molecule has 0 aliphatic carbocycles. The number of benzene rings is 4. The van der Waals surface area contributed by atoms with Gasteiger partial charge in [0.25, 0.3) is 0 Å². The van der Waals surface area contributed by atoms with E-state index in [1.807, 2.05) is 72.8 Å². The van der Waals surface area contributed by atoms with E-state index in [1.165, 1.54) is 0 Å². The van der Waals surface area contributed by atoms with Gasteiger partial charge < -0.3 is 20.4 Å². The van der Waals surface area contributed by atoms with E-state index in [9.17, 15) is 20.4 Å². The Hall–Kier alpha value is -5.89. The average Bonchev–Trinajstić information content (AvgIpc) is 3.08. The van der Waals surface area contributed by atoms with Crippen molar-refractivity contribution in [3.05, 3.63) is 127 Å². The zero-order valence-corrected chi connectivity index (χ0v) is 24.2. The second-order valence-corrected chi connectivity index (χ2v) is 10.6. The molecule has 218 valence electrons. The number of phenols is 4. The Labute approximate surface area is 261 Å². The zero-order chi connectivity index (χ0) is 31.5. The molecule has 6 aromatic rings. The van der Waals surface area contributed by atoms with E-state index in [0.717, 1.165) is 33.0 Å². The highest BCUT2D eigenvalue weighted by Crippen LogP contribution is 2.46. The average molecular weight is 589 g/mol. The Kier molecular flexibility index (Phi) is 8.03. The van der Waals surface area contributed by atoms with Gasteiger partial charge >= 0.3 is 0 Å². The molecule has 7 nitrogen and oxygen atoms in total. The molecule has 2 aromatic heterocycles. The van der Waals surface area contributed by atoms with Gasteiger partial charge in [0, 0.05) is 23.9 Å². The highest BCUT2D eigenvalue weighted by atomic mass is 16.3. The number of aromatic nitrogens is 3. The lowest BCUT2D eigenvalue weighted by molar-refractivity contribution is 0.365. The van der Waals surface area contributed by atoms with Gasteiger partial charge in [-0.1, -0.05) is 85.0 Å². The van der Waals surface area contributed by atoms with E-state index >= 15 is 0 Å². The monoisotopic (exact) mass is 589 g/mol. The molecule has 0 aliphatic heterocycles. The quantitative estimate of drug-likeness (QED) is 0.0652. The van der Waals surface area contributed by atoms with Gasteiger partial charge in [-0.2, -0.15) is 0 Å². The normalized spacial score (nSPS) is 12.0. The molecule has 6 rings (SSSR count). The van der Waals surface area contributed by atoms with Crippen molar-refractivity contribution in [3.8, 4) is 56.8 Å². The van der Waals surface area contributed by atoms with Crippen molar-refractivity contribution in [1.82, 2.24) is 15.0 Å². The minimum atomic E-state index is -0.882. The molecule has 0 saturated carbocycles. The molecule has 4 aromatic carbocycles. The van der Waals surface area contributed by atoms with Crippen LogP contribution >= 0.6 is 0 Å². The van der Waals surface area contributed by atoms with E-state index < -0.39 is 28.5 Å². The molecule has 1 atom stereocenters. The maximum atomic E-state index is 10.9. The number of pyridine rings is 1. The van der Waals surface area contributed by atoms with Crippen LogP contribution in [0, 0.1) is 0 Å². The third kappa shape index (κ3) is 5.73. The molecule has 0 amide bonds. The summed E-state index contributed by atoms with van der Waals surface area (Å²) in [5.74, 6) is -3.53. The fraction of sp³-hybridized carbons (Fsp3) is 0.0541. The Bertz CT molecular complexity index is 2040. The van der Waals surface area contributed by atoms with Gasteiger partial charge in [-0.05, 0) is 57.5 Å². The lowest BCUT2D eigenvalue weighted by Crippen LogP contribution is -2.08. The summed E-state index contributed by atoms with van der Waals surface area (Å²) in [4.78, 5) is 13.6. The Morgan fingerprint density at radius 1 is 0.778 bits per heavy atom. The predicted molar refractivity (Wildman–Crippen MR) is 179 cm³/mol. The molecule has 0 saturated heterocycles. The maximum Gasteiger partial charge on any atom is 0.200 e. The van der Waals surface area contributed by atoms with Crippen LogP contribution < -0.4 is 5.46 Å². The fourth-order valence-corrected chi connectivity index (χ4v) is 5.35. The van der Waals surface area contributed by atoms with Crippen molar-refractivity contribution < 1.29 is 20.4 Å². The third-order valence-corrected chi connectivity index (χ3v) is 7.67.